The molecule has 0 atom stereocenters. The third kappa shape index (κ3) is 2.91. The van der Waals surface area contributed by atoms with Crippen LogP contribution >= 0.6 is 22.6 Å². The van der Waals surface area contributed by atoms with E-state index in [0.29, 0.717) is 0 Å². The maximum Gasteiger partial charge on any atom is 0.0155 e. The SMILES string of the molecule is C=C/C=C\C1=C(C)c2ccc(C3=CC=C(I)CC3)cc2C1(C)C. The second-order valence-corrected chi connectivity index (χ2v) is 8.21. The quantitative estimate of drug-likeness (QED) is 0.369. The molecule has 0 radical (unpaired) electrons. The Morgan fingerprint density at radius 1 is 1.17 bits per heavy atom. The highest BCUT2D eigenvalue weighted by molar-refractivity contribution is 14.1. The summed E-state index contributed by atoms with van der Waals surface area (Å²) in [6.45, 7) is 10.7. The molecule has 0 fully saturated rings. The Kier molecular flexibility index (Phi) is 4.50. The predicted molar refractivity (Wildman–Crippen MR) is 111 cm³/mol. The maximum absolute atomic E-state index is 3.80. The first-order valence-corrected chi connectivity index (χ1v) is 9.24. The minimum absolute atomic E-state index is 0.0500. The summed E-state index contributed by atoms with van der Waals surface area (Å²) < 4.78 is 1.45. The van der Waals surface area contributed by atoms with Crippen LogP contribution in [0.2, 0.25) is 0 Å². The van der Waals surface area contributed by atoms with E-state index in [-0.39, 0.29) is 5.41 Å². The number of fused-ring (bicyclic) bond motifs is 1. The topological polar surface area (TPSA) is 0 Å². The summed E-state index contributed by atoms with van der Waals surface area (Å²) in [7, 11) is 0. The van der Waals surface area contributed by atoms with Gasteiger partial charge in [-0.1, -0.05) is 62.9 Å². The molecule has 23 heavy (non-hydrogen) atoms. The van der Waals surface area contributed by atoms with Crippen molar-refractivity contribution in [1.29, 1.82) is 0 Å². The molecule has 0 aliphatic heterocycles. The standard InChI is InChI=1S/C22H23I/c1-5-6-7-20-15(2)19-13-10-17(14-21(19)22(20,3)4)16-8-11-18(23)12-9-16/h5-8,10-11,13-14H,1,9,12H2,2-4H3/b7-6-. The first-order chi connectivity index (χ1) is 10.9. The molecule has 2 aliphatic rings. The molecule has 1 heteroatoms. The maximum atomic E-state index is 3.80. The minimum Gasteiger partial charge on any atom is -0.0991 e. The zero-order valence-electron chi connectivity index (χ0n) is 14.1. The van der Waals surface area contributed by atoms with E-state index in [1.54, 1.807) is 0 Å². The third-order valence-corrected chi connectivity index (χ3v) is 5.94. The van der Waals surface area contributed by atoms with E-state index < -0.39 is 0 Å². The Morgan fingerprint density at radius 3 is 2.61 bits per heavy atom. The van der Waals surface area contributed by atoms with Gasteiger partial charge in [-0.15, -0.1) is 0 Å². The van der Waals surface area contributed by atoms with Gasteiger partial charge in [0, 0.05) is 5.41 Å². The second kappa shape index (κ2) is 6.27. The molecule has 118 valence electrons. The Bertz CT molecular complexity index is 782. The van der Waals surface area contributed by atoms with Gasteiger partial charge in [0.2, 0.25) is 0 Å². The molecule has 1 aromatic carbocycles. The van der Waals surface area contributed by atoms with Crippen LogP contribution in [0, 0.1) is 0 Å². The summed E-state index contributed by atoms with van der Waals surface area (Å²) in [5.41, 5.74) is 8.51. The van der Waals surface area contributed by atoms with Crippen LogP contribution in [-0.4, -0.2) is 0 Å². The fraction of sp³-hybridized carbons (Fsp3) is 0.273. The van der Waals surface area contributed by atoms with Crippen molar-refractivity contribution in [3.63, 3.8) is 0 Å². The monoisotopic (exact) mass is 414 g/mol. The van der Waals surface area contributed by atoms with Crippen molar-refractivity contribution in [2.24, 2.45) is 0 Å². The van der Waals surface area contributed by atoms with Crippen LogP contribution in [0.5, 0.6) is 0 Å². The van der Waals surface area contributed by atoms with E-state index in [1.807, 2.05) is 12.2 Å². The van der Waals surface area contributed by atoms with Crippen LogP contribution in [0.25, 0.3) is 11.1 Å². The van der Waals surface area contributed by atoms with E-state index in [4.69, 9.17) is 0 Å². The summed E-state index contributed by atoms with van der Waals surface area (Å²) in [4.78, 5) is 0. The largest absolute Gasteiger partial charge is 0.0991 e. The van der Waals surface area contributed by atoms with Crippen LogP contribution in [0.4, 0.5) is 0 Å². The van der Waals surface area contributed by atoms with Gasteiger partial charge in [0.1, 0.15) is 0 Å². The summed E-state index contributed by atoms with van der Waals surface area (Å²) in [6.07, 6.45) is 13.0. The lowest BCUT2D eigenvalue weighted by molar-refractivity contribution is 0.653. The number of hydrogen-bond donors (Lipinski definition) is 0. The molecule has 1 aromatic rings. The van der Waals surface area contributed by atoms with Crippen molar-refractivity contribution in [3.05, 3.63) is 81.0 Å². The van der Waals surface area contributed by atoms with Crippen LogP contribution in [0.15, 0.2) is 64.3 Å². The van der Waals surface area contributed by atoms with E-state index in [0.717, 1.165) is 12.8 Å². The molecule has 0 aromatic heterocycles. The number of allylic oxidation sites excluding steroid dienone is 9. The Morgan fingerprint density at radius 2 is 1.96 bits per heavy atom. The highest BCUT2D eigenvalue weighted by atomic mass is 127. The molecule has 0 heterocycles. The van der Waals surface area contributed by atoms with Crippen molar-refractivity contribution < 1.29 is 0 Å². The van der Waals surface area contributed by atoms with Gasteiger partial charge in [0.15, 0.2) is 0 Å². The van der Waals surface area contributed by atoms with Gasteiger partial charge in [-0.2, -0.15) is 0 Å². The number of rotatable bonds is 3. The highest BCUT2D eigenvalue weighted by Crippen LogP contribution is 2.47. The minimum atomic E-state index is 0.0500. The normalized spacial score (nSPS) is 19.7. The average molecular weight is 414 g/mol. The van der Waals surface area contributed by atoms with E-state index in [2.05, 4.69) is 86.4 Å². The van der Waals surface area contributed by atoms with Crippen molar-refractivity contribution in [1.82, 2.24) is 0 Å². The van der Waals surface area contributed by atoms with Crippen LogP contribution < -0.4 is 0 Å². The Balaban J connectivity index is 2.06. The van der Waals surface area contributed by atoms with E-state index >= 15 is 0 Å². The molecule has 0 saturated carbocycles. The van der Waals surface area contributed by atoms with Gasteiger partial charge in [-0.3, -0.25) is 0 Å². The lowest BCUT2D eigenvalue weighted by Crippen LogP contribution is -2.16. The molecular weight excluding hydrogens is 391 g/mol. The molecule has 0 nitrogen and oxygen atoms in total. The van der Waals surface area contributed by atoms with Gasteiger partial charge in [0.25, 0.3) is 0 Å². The lowest BCUT2D eigenvalue weighted by atomic mass is 9.80. The second-order valence-electron chi connectivity index (χ2n) is 6.82. The predicted octanol–water partition coefficient (Wildman–Crippen LogP) is 6.99. The molecule has 3 rings (SSSR count). The molecule has 2 aliphatic carbocycles. The number of halogens is 1. The fourth-order valence-corrected chi connectivity index (χ4v) is 4.15. The Labute approximate surface area is 153 Å². The van der Waals surface area contributed by atoms with Gasteiger partial charge >= 0.3 is 0 Å². The molecule has 0 saturated heterocycles. The van der Waals surface area contributed by atoms with Gasteiger partial charge in [-0.05, 0) is 85.4 Å². The smallest absolute Gasteiger partial charge is 0.0155 e. The number of hydrogen-bond acceptors (Lipinski definition) is 0. The average Bonchev–Trinajstić information content (AvgIpc) is 2.73. The molecular formula is C22H23I. The Hall–Kier alpha value is -1.35. The van der Waals surface area contributed by atoms with Crippen molar-refractivity contribution >= 4 is 33.7 Å². The van der Waals surface area contributed by atoms with Crippen molar-refractivity contribution in [3.8, 4) is 0 Å². The molecule has 0 N–H and O–H groups in total. The summed E-state index contributed by atoms with van der Waals surface area (Å²) >= 11 is 2.43. The summed E-state index contributed by atoms with van der Waals surface area (Å²) in [6, 6.07) is 7.00. The summed E-state index contributed by atoms with van der Waals surface area (Å²) in [5, 5.41) is 0. The van der Waals surface area contributed by atoms with Crippen LogP contribution in [0.3, 0.4) is 0 Å². The fourth-order valence-electron chi connectivity index (χ4n) is 3.70. The lowest BCUT2D eigenvalue weighted by Gasteiger charge is -2.24. The first kappa shape index (κ1) is 16.5. The zero-order valence-corrected chi connectivity index (χ0v) is 16.3. The first-order valence-electron chi connectivity index (χ1n) is 8.16. The van der Waals surface area contributed by atoms with Crippen LogP contribution in [0.1, 0.15) is 50.3 Å². The van der Waals surface area contributed by atoms with Gasteiger partial charge in [-0.25, -0.2) is 0 Å². The molecule has 0 bridgehead atoms. The molecule has 0 unspecified atom stereocenters. The van der Waals surface area contributed by atoms with Crippen LogP contribution in [-0.2, 0) is 5.41 Å². The summed E-state index contributed by atoms with van der Waals surface area (Å²) in [5.74, 6) is 0. The zero-order chi connectivity index (χ0) is 16.6. The van der Waals surface area contributed by atoms with Gasteiger partial charge < -0.3 is 0 Å². The van der Waals surface area contributed by atoms with E-state index in [9.17, 15) is 0 Å². The van der Waals surface area contributed by atoms with E-state index in [1.165, 1.54) is 37.0 Å². The third-order valence-electron chi connectivity index (χ3n) is 5.04. The molecule has 0 amide bonds. The highest BCUT2D eigenvalue weighted by Gasteiger charge is 2.34. The number of benzene rings is 1. The van der Waals surface area contributed by atoms with Crippen molar-refractivity contribution in [2.45, 2.75) is 39.0 Å². The molecule has 0 spiro atoms. The van der Waals surface area contributed by atoms with Gasteiger partial charge in [0.05, 0.1) is 0 Å². The van der Waals surface area contributed by atoms with Crippen molar-refractivity contribution in [2.75, 3.05) is 0 Å².